The van der Waals surface area contributed by atoms with Gasteiger partial charge >= 0.3 is 5.97 Å². The van der Waals surface area contributed by atoms with Crippen LogP contribution >= 0.6 is 0 Å². The molecule has 1 atom stereocenters. The third-order valence-electron chi connectivity index (χ3n) is 3.72. The topological polar surface area (TPSA) is 35.5 Å². The van der Waals surface area contributed by atoms with Crippen molar-refractivity contribution in [3.8, 4) is 11.5 Å². The summed E-state index contributed by atoms with van der Waals surface area (Å²) in [5.41, 5.74) is 3.11. The van der Waals surface area contributed by atoms with Gasteiger partial charge in [-0.25, -0.2) is 0 Å². The first-order chi connectivity index (χ1) is 9.33. The molecule has 4 rings (SSSR count). The van der Waals surface area contributed by atoms with E-state index in [1.54, 1.807) is 0 Å². The number of carbonyl (C=O) groups is 1. The molecule has 0 amide bonds. The molecule has 0 radical (unpaired) electrons. The van der Waals surface area contributed by atoms with Crippen molar-refractivity contribution < 1.29 is 14.3 Å². The van der Waals surface area contributed by atoms with Gasteiger partial charge in [0.25, 0.3) is 0 Å². The highest BCUT2D eigenvalue weighted by molar-refractivity contribution is 5.89. The van der Waals surface area contributed by atoms with E-state index >= 15 is 0 Å². The normalized spacial score (nSPS) is 19.6. The van der Waals surface area contributed by atoms with E-state index in [0.717, 1.165) is 29.9 Å². The maximum absolute atomic E-state index is 12.1. The molecule has 0 bridgehead atoms. The van der Waals surface area contributed by atoms with E-state index in [1.165, 1.54) is 5.56 Å². The van der Waals surface area contributed by atoms with Crippen LogP contribution in [0.15, 0.2) is 42.5 Å². The van der Waals surface area contributed by atoms with Crippen molar-refractivity contribution >= 4 is 5.97 Å². The highest BCUT2D eigenvalue weighted by Crippen LogP contribution is 2.40. The second-order valence-electron chi connectivity index (χ2n) is 4.86. The quantitative estimate of drug-likeness (QED) is 0.578. The van der Waals surface area contributed by atoms with Crippen LogP contribution in [-0.2, 0) is 11.2 Å². The van der Waals surface area contributed by atoms with Crippen LogP contribution in [0.5, 0.6) is 11.5 Å². The molecule has 0 fully saturated rings. The van der Waals surface area contributed by atoms with Crippen LogP contribution in [0.25, 0.3) is 0 Å². The third kappa shape index (κ3) is 1.55. The summed E-state index contributed by atoms with van der Waals surface area (Å²) in [6, 6.07) is 13.6. The van der Waals surface area contributed by atoms with E-state index in [0.29, 0.717) is 5.75 Å². The summed E-state index contributed by atoms with van der Waals surface area (Å²) in [6.45, 7) is 0.727. The van der Waals surface area contributed by atoms with Crippen LogP contribution in [0.4, 0.5) is 0 Å². The molecule has 1 unspecified atom stereocenters. The van der Waals surface area contributed by atoms with Gasteiger partial charge in [0, 0.05) is 12.0 Å². The Hall–Kier alpha value is -2.29. The fourth-order valence-electron chi connectivity index (χ4n) is 2.81. The first-order valence-corrected chi connectivity index (χ1v) is 6.39. The number of fused-ring (bicyclic) bond motifs is 2. The van der Waals surface area contributed by atoms with Crippen molar-refractivity contribution in [3.05, 3.63) is 59.2 Å². The van der Waals surface area contributed by atoms with Gasteiger partial charge in [0.2, 0.25) is 0 Å². The number of para-hydroxylation sites is 1. The smallest absolute Gasteiger partial charge is 0.323 e. The van der Waals surface area contributed by atoms with Crippen molar-refractivity contribution in [1.29, 1.82) is 0 Å². The minimum atomic E-state index is -0.304. The largest absolute Gasteiger partial charge is 0.493 e. The predicted octanol–water partition coefficient (Wildman–Crippen LogP) is 2.67. The lowest BCUT2D eigenvalue weighted by Gasteiger charge is -2.09. The third-order valence-corrected chi connectivity index (χ3v) is 3.72. The summed E-state index contributed by atoms with van der Waals surface area (Å²) < 4.78 is 10.8. The van der Waals surface area contributed by atoms with E-state index in [1.807, 2.05) is 36.4 Å². The molecule has 3 heteroatoms. The lowest BCUT2D eigenvalue weighted by Crippen LogP contribution is -2.11. The second kappa shape index (κ2) is 3.85. The zero-order valence-corrected chi connectivity index (χ0v) is 10.3. The van der Waals surface area contributed by atoms with Gasteiger partial charge in [-0.3, -0.25) is 4.79 Å². The average molecular weight is 252 g/mol. The molecule has 0 saturated heterocycles. The van der Waals surface area contributed by atoms with Gasteiger partial charge in [0.15, 0.2) is 0 Å². The SMILES string of the molecule is O=C1Oc2ccccc2C1c1ccc2c(c1)CCO2. The van der Waals surface area contributed by atoms with Crippen molar-refractivity contribution in [2.45, 2.75) is 12.3 Å². The Bertz CT molecular complexity index is 675. The van der Waals surface area contributed by atoms with Crippen LogP contribution in [0, 0.1) is 0 Å². The molecular formula is C16H12O3. The van der Waals surface area contributed by atoms with Gasteiger partial charge in [-0.1, -0.05) is 30.3 Å². The van der Waals surface area contributed by atoms with E-state index in [2.05, 4.69) is 6.07 Å². The maximum atomic E-state index is 12.1. The number of ether oxygens (including phenoxy) is 2. The zero-order valence-electron chi connectivity index (χ0n) is 10.3. The highest BCUT2D eigenvalue weighted by atomic mass is 16.5. The molecule has 2 heterocycles. The summed E-state index contributed by atoms with van der Waals surface area (Å²) >= 11 is 0. The molecule has 0 spiro atoms. The zero-order chi connectivity index (χ0) is 12.8. The molecular weight excluding hydrogens is 240 g/mol. The molecule has 0 saturated carbocycles. The van der Waals surface area contributed by atoms with Crippen LogP contribution < -0.4 is 9.47 Å². The van der Waals surface area contributed by atoms with E-state index in [9.17, 15) is 4.79 Å². The average Bonchev–Trinajstić information content (AvgIpc) is 3.00. The molecule has 94 valence electrons. The Kier molecular flexibility index (Phi) is 2.15. The predicted molar refractivity (Wildman–Crippen MR) is 69.6 cm³/mol. The minimum Gasteiger partial charge on any atom is -0.493 e. The van der Waals surface area contributed by atoms with Gasteiger partial charge in [0.1, 0.15) is 17.4 Å². The number of hydrogen-bond donors (Lipinski definition) is 0. The van der Waals surface area contributed by atoms with Gasteiger partial charge in [-0.05, 0) is 23.3 Å². The molecule has 2 aliphatic rings. The maximum Gasteiger partial charge on any atom is 0.323 e. The van der Waals surface area contributed by atoms with Crippen LogP contribution in [0.3, 0.4) is 0 Å². The summed E-state index contributed by atoms with van der Waals surface area (Å²) in [7, 11) is 0. The van der Waals surface area contributed by atoms with Crippen LogP contribution in [-0.4, -0.2) is 12.6 Å². The monoisotopic (exact) mass is 252 g/mol. The van der Waals surface area contributed by atoms with Gasteiger partial charge in [-0.15, -0.1) is 0 Å². The van der Waals surface area contributed by atoms with Crippen molar-refractivity contribution in [2.24, 2.45) is 0 Å². The number of carbonyl (C=O) groups excluding carboxylic acids is 1. The molecule has 0 aromatic heterocycles. The lowest BCUT2D eigenvalue weighted by atomic mass is 9.91. The van der Waals surface area contributed by atoms with Crippen LogP contribution in [0.2, 0.25) is 0 Å². The van der Waals surface area contributed by atoms with E-state index < -0.39 is 0 Å². The fraction of sp³-hybridized carbons (Fsp3) is 0.188. The first-order valence-electron chi connectivity index (χ1n) is 6.39. The van der Waals surface area contributed by atoms with Crippen LogP contribution in [0.1, 0.15) is 22.6 Å². The Morgan fingerprint density at radius 2 is 1.95 bits per heavy atom. The Balaban J connectivity index is 1.82. The molecule has 19 heavy (non-hydrogen) atoms. The standard InChI is InChI=1S/C16H12O3/c17-16-15(12-3-1-2-4-14(12)19-16)11-5-6-13-10(9-11)7-8-18-13/h1-6,9,15H,7-8H2. The number of hydrogen-bond acceptors (Lipinski definition) is 3. The van der Waals surface area contributed by atoms with Gasteiger partial charge in [-0.2, -0.15) is 0 Å². The number of esters is 1. The summed E-state index contributed by atoms with van der Waals surface area (Å²) in [4.78, 5) is 12.1. The second-order valence-corrected chi connectivity index (χ2v) is 4.86. The summed E-state index contributed by atoms with van der Waals surface area (Å²) in [6.07, 6.45) is 0.909. The first kappa shape index (κ1) is 10.6. The molecule has 2 aromatic carbocycles. The molecule has 0 N–H and O–H groups in total. The minimum absolute atomic E-state index is 0.194. The Morgan fingerprint density at radius 1 is 1.05 bits per heavy atom. The molecule has 2 aliphatic heterocycles. The van der Waals surface area contributed by atoms with E-state index in [-0.39, 0.29) is 11.9 Å². The van der Waals surface area contributed by atoms with E-state index in [4.69, 9.17) is 9.47 Å². The molecule has 3 nitrogen and oxygen atoms in total. The summed E-state index contributed by atoms with van der Waals surface area (Å²) in [5.74, 6) is 1.11. The van der Waals surface area contributed by atoms with Crippen molar-refractivity contribution in [3.63, 3.8) is 0 Å². The number of rotatable bonds is 1. The Labute approximate surface area is 110 Å². The van der Waals surface area contributed by atoms with Gasteiger partial charge in [0.05, 0.1) is 6.61 Å². The Morgan fingerprint density at radius 3 is 2.89 bits per heavy atom. The van der Waals surface area contributed by atoms with Crippen molar-refractivity contribution in [2.75, 3.05) is 6.61 Å². The molecule has 0 aliphatic carbocycles. The fourth-order valence-corrected chi connectivity index (χ4v) is 2.81. The number of benzene rings is 2. The van der Waals surface area contributed by atoms with Crippen molar-refractivity contribution in [1.82, 2.24) is 0 Å². The summed E-state index contributed by atoms with van der Waals surface area (Å²) in [5, 5.41) is 0. The lowest BCUT2D eigenvalue weighted by molar-refractivity contribution is -0.133. The van der Waals surface area contributed by atoms with Gasteiger partial charge < -0.3 is 9.47 Å². The highest BCUT2D eigenvalue weighted by Gasteiger charge is 2.34. The molecule has 2 aromatic rings.